The number of rotatable bonds is 9. The fraction of sp³-hybridized carbons (Fsp3) is 0.750. The Morgan fingerprint density at radius 2 is 1.93 bits per heavy atom. The minimum Gasteiger partial charge on any atom is -0.480 e. The zero-order chi connectivity index (χ0) is 11.5. The summed E-state index contributed by atoms with van der Waals surface area (Å²) >= 11 is 0. The number of carboxylic acid groups (broad SMARTS) is 1. The molecule has 0 aliphatic carbocycles. The monoisotopic (exact) mass is 220 g/mol. The maximum Gasteiger partial charge on any atom is 0.319 e. The van der Waals surface area contributed by atoms with Crippen LogP contribution in [0, 0.1) is 0 Å². The lowest BCUT2D eigenvalue weighted by Crippen LogP contribution is -2.23. The maximum atomic E-state index is 10.6. The van der Waals surface area contributed by atoms with Gasteiger partial charge in [-0.3, -0.25) is 9.59 Å². The number of ether oxygens (including phenoxy) is 1. The molecule has 4 N–H and O–H groups in total. The summed E-state index contributed by atoms with van der Waals surface area (Å²) in [7, 11) is 0. The molecule has 0 aromatic heterocycles. The van der Waals surface area contributed by atoms with E-state index in [0.717, 1.165) is 0 Å². The van der Waals surface area contributed by atoms with Crippen LogP contribution in [0.25, 0.3) is 0 Å². The molecule has 0 spiro atoms. The Kier molecular flexibility index (Phi) is 8.64. The smallest absolute Gasteiger partial charge is 0.319 e. The molecule has 7 heteroatoms. The molecule has 0 bridgehead atoms. The highest BCUT2D eigenvalue weighted by Gasteiger charge is 1.98. The largest absolute Gasteiger partial charge is 0.480 e. The van der Waals surface area contributed by atoms with E-state index in [9.17, 15) is 9.59 Å². The summed E-state index contributed by atoms with van der Waals surface area (Å²) in [6.45, 7) is 0.324. The number of aliphatic carboxylic acids is 1. The summed E-state index contributed by atoms with van der Waals surface area (Å²) in [4.78, 5) is 25.4. The Morgan fingerprint density at radius 1 is 1.27 bits per heavy atom. The van der Waals surface area contributed by atoms with Crippen LogP contribution < -0.4 is 11.2 Å². The van der Waals surface area contributed by atoms with Crippen molar-refractivity contribution in [2.75, 3.05) is 26.3 Å². The van der Waals surface area contributed by atoms with Crippen LogP contribution in [0.5, 0.6) is 0 Å². The van der Waals surface area contributed by atoms with Crippen molar-refractivity contribution in [3.05, 3.63) is 0 Å². The number of hydroxylamine groups is 1. The molecule has 0 radical (unpaired) electrons. The lowest BCUT2D eigenvalue weighted by atomic mass is 10.3. The van der Waals surface area contributed by atoms with E-state index in [1.54, 1.807) is 0 Å². The normalized spacial score (nSPS) is 9.93. The number of carboxylic acids is 1. The van der Waals surface area contributed by atoms with Crippen LogP contribution in [-0.2, 0) is 19.2 Å². The predicted octanol–water partition coefficient (Wildman–Crippen LogP) is -1.13. The van der Waals surface area contributed by atoms with E-state index in [4.69, 9.17) is 20.4 Å². The van der Waals surface area contributed by atoms with Crippen molar-refractivity contribution >= 4 is 11.9 Å². The molecule has 0 aliphatic heterocycles. The number of esters is 1. The molecule has 0 aromatic carbocycles. The Bertz CT molecular complexity index is 197. The number of hydrogen-bond acceptors (Lipinski definition) is 6. The summed E-state index contributed by atoms with van der Waals surface area (Å²) in [5.74, 6) is -1.41. The molecule has 7 nitrogen and oxygen atoms in total. The van der Waals surface area contributed by atoms with Crippen LogP contribution >= 0.6 is 0 Å². The Balaban J connectivity index is 3.05. The van der Waals surface area contributed by atoms with Gasteiger partial charge in [-0.05, 0) is 12.8 Å². The third kappa shape index (κ3) is 10.7. The van der Waals surface area contributed by atoms with E-state index in [1.807, 2.05) is 0 Å². The maximum absolute atomic E-state index is 10.6. The molecule has 0 atom stereocenters. The second-order valence-electron chi connectivity index (χ2n) is 2.70. The van der Waals surface area contributed by atoms with E-state index < -0.39 is 11.9 Å². The fourth-order valence-electron chi connectivity index (χ4n) is 0.706. The summed E-state index contributed by atoms with van der Waals surface area (Å²) in [6.07, 6.45) is 1.32. The van der Waals surface area contributed by atoms with Gasteiger partial charge in [-0.15, -0.1) is 0 Å². The minimum atomic E-state index is -0.980. The molecule has 0 aliphatic rings. The van der Waals surface area contributed by atoms with Gasteiger partial charge in [-0.1, -0.05) is 0 Å². The van der Waals surface area contributed by atoms with E-state index in [1.165, 1.54) is 0 Å². The zero-order valence-electron chi connectivity index (χ0n) is 8.40. The highest BCUT2D eigenvalue weighted by molar-refractivity contribution is 5.71. The summed E-state index contributed by atoms with van der Waals surface area (Å²) in [6, 6.07) is 0. The first-order chi connectivity index (χ1) is 7.16. The molecule has 0 saturated heterocycles. The Labute approximate surface area is 87.5 Å². The molecule has 0 aromatic rings. The van der Waals surface area contributed by atoms with Gasteiger partial charge < -0.3 is 20.4 Å². The van der Waals surface area contributed by atoms with E-state index in [0.29, 0.717) is 26.1 Å². The lowest BCUT2D eigenvalue weighted by molar-refractivity contribution is -0.142. The molecular weight excluding hydrogens is 204 g/mol. The van der Waals surface area contributed by atoms with Gasteiger partial charge in [-0.25, -0.2) is 0 Å². The van der Waals surface area contributed by atoms with Gasteiger partial charge in [0.2, 0.25) is 0 Å². The summed E-state index contributed by atoms with van der Waals surface area (Å²) in [5, 5.41) is 8.23. The second-order valence-corrected chi connectivity index (χ2v) is 2.70. The van der Waals surface area contributed by atoms with Crippen LogP contribution in [-0.4, -0.2) is 43.3 Å². The fourth-order valence-corrected chi connectivity index (χ4v) is 0.706. The predicted molar refractivity (Wildman–Crippen MR) is 50.8 cm³/mol. The molecule has 0 saturated carbocycles. The number of unbranched alkanes of at least 4 members (excludes halogenated alkanes) is 1. The van der Waals surface area contributed by atoms with Gasteiger partial charge in [0.1, 0.15) is 6.54 Å². The van der Waals surface area contributed by atoms with Gasteiger partial charge in [0.05, 0.1) is 19.8 Å². The molecule has 0 amide bonds. The molecule has 88 valence electrons. The number of carbonyl (C=O) groups is 2. The third-order valence-corrected chi connectivity index (χ3v) is 1.40. The first kappa shape index (κ1) is 13.8. The highest BCUT2D eigenvalue weighted by Crippen LogP contribution is 1.90. The molecule has 0 fully saturated rings. The molecule has 15 heavy (non-hydrogen) atoms. The van der Waals surface area contributed by atoms with Crippen molar-refractivity contribution < 1.29 is 24.3 Å². The van der Waals surface area contributed by atoms with Crippen molar-refractivity contribution in [2.24, 2.45) is 5.73 Å². The number of nitrogens with two attached hydrogens (primary N) is 1. The van der Waals surface area contributed by atoms with Gasteiger partial charge >= 0.3 is 11.9 Å². The second kappa shape index (κ2) is 9.38. The molecule has 0 rings (SSSR count). The number of hydrogen-bond donors (Lipinski definition) is 3. The van der Waals surface area contributed by atoms with Crippen LogP contribution in [0.4, 0.5) is 0 Å². The van der Waals surface area contributed by atoms with E-state index >= 15 is 0 Å². The Hall–Kier alpha value is -1.18. The lowest BCUT2D eigenvalue weighted by Gasteiger charge is -2.04. The SMILES string of the molecule is NCC(=O)OCCCCONCC(=O)O. The average molecular weight is 220 g/mol. The van der Waals surface area contributed by atoms with Crippen molar-refractivity contribution in [1.82, 2.24) is 5.48 Å². The van der Waals surface area contributed by atoms with E-state index in [2.05, 4.69) is 5.48 Å². The number of carbonyl (C=O) groups excluding carboxylic acids is 1. The van der Waals surface area contributed by atoms with Crippen LogP contribution in [0.2, 0.25) is 0 Å². The van der Waals surface area contributed by atoms with Gasteiger partial charge in [0, 0.05) is 0 Å². The molecule has 0 heterocycles. The van der Waals surface area contributed by atoms with Crippen LogP contribution in [0.15, 0.2) is 0 Å². The summed E-state index contributed by atoms with van der Waals surface area (Å²) < 4.78 is 4.70. The third-order valence-electron chi connectivity index (χ3n) is 1.40. The van der Waals surface area contributed by atoms with Crippen molar-refractivity contribution in [3.63, 3.8) is 0 Å². The quantitative estimate of drug-likeness (QED) is 0.256. The highest BCUT2D eigenvalue weighted by atomic mass is 16.6. The van der Waals surface area contributed by atoms with Crippen LogP contribution in [0.3, 0.4) is 0 Å². The van der Waals surface area contributed by atoms with E-state index in [-0.39, 0.29) is 13.1 Å². The van der Waals surface area contributed by atoms with Crippen LogP contribution in [0.1, 0.15) is 12.8 Å². The van der Waals surface area contributed by atoms with Crippen molar-refractivity contribution in [2.45, 2.75) is 12.8 Å². The zero-order valence-corrected chi connectivity index (χ0v) is 8.40. The minimum absolute atomic E-state index is 0.114. The standard InChI is InChI=1S/C8H16N2O5/c9-5-8(13)14-3-1-2-4-15-10-6-7(11)12/h10H,1-6,9H2,(H,11,12). The van der Waals surface area contributed by atoms with Gasteiger partial charge in [0.15, 0.2) is 0 Å². The first-order valence-electron chi connectivity index (χ1n) is 4.59. The van der Waals surface area contributed by atoms with Crippen molar-refractivity contribution in [1.29, 1.82) is 0 Å². The molecule has 0 unspecified atom stereocenters. The van der Waals surface area contributed by atoms with Crippen molar-refractivity contribution in [3.8, 4) is 0 Å². The Morgan fingerprint density at radius 3 is 2.53 bits per heavy atom. The van der Waals surface area contributed by atoms with Gasteiger partial charge in [-0.2, -0.15) is 5.48 Å². The average Bonchev–Trinajstić information content (AvgIpc) is 2.21. The first-order valence-corrected chi connectivity index (χ1v) is 4.59. The topological polar surface area (TPSA) is 111 Å². The summed E-state index contributed by atoms with van der Waals surface area (Å²) in [5.41, 5.74) is 7.28. The molecular formula is C8H16N2O5. The van der Waals surface area contributed by atoms with Gasteiger partial charge in [0.25, 0.3) is 0 Å². The number of nitrogens with one attached hydrogen (secondary N) is 1.